The summed E-state index contributed by atoms with van der Waals surface area (Å²) in [4.78, 5) is 12.3. The molecule has 0 bridgehead atoms. The van der Waals surface area contributed by atoms with Gasteiger partial charge in [-0.25, -0.2) is 8.42 Å². The van der Waals surface area contributed by atoms with Crippen molar-refractivity contribution in [3.63, 3.8) is 0 Å². The smallest absolute Gasteiger partial charge is 0.246 e. The standard InChI is InChI=1S/C15H20N4O3S3/c1-9-6-10(2)13(11(3)7-9)19(25(5,21)22)8-12(20)16-14-17-18-15(23-4)24-14/h6-7H,8H2,1-5H3,(H,16,17,20). The molecule has 136 valence electrons. The van der Waals surface area contributed by atoms with Crippen molar-refractivity contribution in [1.29, 1.82) is 0 Å². The minimum atomic E-state index is -3.63. The molecule has 1 heterocycles. The van der Waals surface area contributed by atoms with Crippen LogP contribution in [0.3, 0.4) is 0 Å². The van der Waals surface area contributed by atoms with Crippen molar-refractivity contribution in [3.8, 4) is 0 Å². The molecule has 7 nitrogen and oxygen atoms in total. The number of hydrogen-bond acceptors (Lipinski definition) is 7. The molecule has 1 aromatic heterocycles. The van der Waals surface area contributed by atoms with E-state index in [-0.39, 0.29) is 6.54 Å². The fourth-order valence-electron chi connectivity index (χ4n) is 2.56. The normalized spacial score (nSPS) is 11.4. The molecule has 10 heteroatoms. The van der Waals surface area contributed by atoms with Crippen LogP contribution in [0.25, 0.3) is 0 Å². The van der Waals surface area contributed by atoms with Crippen molar-refractivity contribution >= 4 is 49.8 Å². The number of carbonyl (C=O) groups is 1. The second kappa shape index (κ2) is 7.71. The third-order valence-corrected chi connectivity index (χ3v) is 6.33. The van der Waals surface area contributed by atoms with E-state index in [2.05, 4.69) is 15.5 Å². The molecule has 0 aliphatic carbocycles. The average molecular weight is 401 g/mol. The lowest BCUT2D eigenvalue weighted by Crippen LogP contribution is -2.38. The van der Waals surface area contributed by atoms with E-state index in [1.165, 1.54) is 23.1 Å². The highest BCUT2D eigenvalue weighted by molar-refractivity contribution is 8.00. The van der Waals surface area contributed by atoms with Crippen molar-refractivity contribution in [2.75, 3.05) is 28.7 Å². The van der Waals surface area contributed by atoms with Crippen LogP contribution in [0.1, 0.15) is 16.7 Å². The second-order valence-corrected chi connectivity index (χ2v) is 9.58. The summed E-state index contributed by atoms with van der Waals surface area (Å²) >= 11 is 2.66. The summed E-state index contributed by atoms with van der Waals surface area (Å²) in [7, 11) is -3.63. The van der Waals surface area contributed by atoms with Crippen LogP contribution in [0.2, 0.25) is 0 Å². The van der Waals surface area contributed by atoms with Gasteiger partial charge in [-0.1, -0.05) is 40.8 Å². The zero-order chi connectivity index (χ0) is 18.8. The van der Waals surface area contributed by atoms with Gasteiger partial charge in [-0.2, -0.15) is 0 Å². The number of nitrogens with zero attached hydrogens (tertiary/aromatic N) is 3. The number of aromatic nitrogens is 2. The Morgan fingerprint density at radius 2 is 1.84 bits per heavy atom. The third kappa shape index (κ3) is 4.93. The summed E-state index contributed by atoms with van der Waals surface area (Å²) in [5.41, 5.74) is 3.17. The van der Waals surface area contributed by atoms with Crippen molar-refractivity contribution < 1.29 is 13.2 Å². The first-order valence-corrected chi connectivity index (χ1v) is 11.2. The molecular weight excluding hydrogens is 380 g/mol. The minimum absolute atomic E-state index is 0.322. The minimum Gasteiger partial charge on any atom is -0.299 e. The van der Waals surface area contributed by atoms with Gasteiger partial charge in [-0.3, -0.25) is 14.4 Å². The Hall–Kier alpha value is -1.65. The largest absolute Gasteiger partial charge is 0.299 e. The van der Waals surface area contributed by atoms with Crippen LogP contribution in [0.5, 0.6) is 0 Å². The number of sulfonamides is 1. The zero-order valence-electron chi connectivity index (χ0n) is 14.7. The van der Waals surface area contributed by atoms with Gasteiger partial charge in [0.05, 0.1) is 11.9 Å². The van der Waals surface area contributed by atoms with Gasteiger partial charge >= 0.3 is 0 Å². The van der Waals surface area contributed by atoms with Crippen LogP contribution in [-0.4, -0.2) is 43.6 Å². The van der Waals surface area contributed by atoms with E-state index in [1.54, 1.807) is 0 Å². The number of amides is 1. The number of aryl methyl sites for hydroxylation is 3. The van der Waals surface area contributed by atoms with E-state index < -0.39 is 15.9 Å². The molecule has 1 amide bonds. The van der Waals surface area contributed by atoms with Crippen molar-refractivity contribution in [2.45, 2.75) is 25.1 Å². The molecule has 0 spiro atoms. The fourth-order valence-corrected chi connectivity index (χ4v) is 4.72. The van der Waals surface area contributed by atoms with Gasteiger partial charge in [0.2, 0.25) is 21.1 Å². The molecule has 0 fully saturated rings. The van der Waals surface area contributed by atoms with Gasteiger partial charge in [0, 0.05) is 0 Å². The molecule has 0 atom stereocenters. The fraction of sp³-hybridized carbons (Fsp3) is 0.400. The van der Waals surface area contributed by atoms with E-state index >= 15 is 0 Å². The van der Waals surface area contributed by atoms with Gasteiger partial charge in [-0.05, 0) is 38.2 Å². The molecule has 0 saturated carbocycles. The van der Waals surface area contributed by atoms with E-state index in [0.717, 1.165) is 31.6 Å². The zero-order valence-corrected chi connectivity index (χ0v) is 17.1. The second-order valence-electron chi connectivity index (χ2n) is 5.64. The molecule has 1 N–H and O–H groups in total. The molecule has 0 aliphatic heterocycles. The number of nitrogens with one attached hydrogen (secondary N) is 1. The third-order valence-electron chi connectivity index (χ3n) is 3.40. The summed E-state index contributed by atoms with van der Waals surface area (Å²) in [6.07, 6.45) is 2.95. The molecule has 25 heavy (non-hydrogen) atoms. The van der Waals surface area contributed by atoms with Gasteiger partial charge in [-0.15, -0.1) is 10.2 Å². The number of carbonyl (C=O) groups excluding carboxylic acids is 1. The summed E-state index contributed by atoms with van der Waals surface area (Å²) in [6, 6.07) is 3.79. The Morgan fingerprint density at radius 1 is 1.24 bits per heavy atom. The lowest BCUT2D eigenvalue weighted by Gasteiger charge is -2.25. The van der Waals surface area contributed by atoms with E-state index in [0.29, 0.717) is 10.8 Å². The Balaban J connectivity index is 2.29. The highest BCUT2D eigenvalue weighted by Crippen LogP contribution is 2.28. The van der Waals surface area contributed by atoms with Gasteiger partial charge in [0.25, 0.3) is 0 Å². The molecule has 0 aliphatic rings. The van der Waals surface area contributed by atoms with E-state index in [1.807, 2.05) is 39.2 Å². The lowest BCUT2D eigenvalue weighted by atomic mass is 10.1. The maximum absolute atomic E-state index is 12.3. The molecule has 0 unspecified atom stereocenters. The maximum atomic E-state index is 12.3. The van der Waals surface area contributed by atoms with Crippen LogP contribution >= 0.6 is 23.1 Å². The van der Waals surface area contributed by atoms with Gasteiger partial charge < -0.3 is 0 Å². The quantitative estimate of drug-likeness (QED) is 0.592. The van der Waals surface area contributed by atoms with Crippen LogP contribution < -0.4 is 9.62 Å². The topological polar surface area (TPSA) is 92.3 Å². The Kier molecular flexibility index (Phi) is 6.07. The van der Waals surface area contributed by atoms with Crippen LogP contribution in [0.15, 0.2) is 16.5 Å². The van der Waals surface area contributed by atoms with Crippen molar-refractivity contribution in [1.82, 2.24) is 10.2 Å². The summed E-state index contributed by atoms with van der Waals surface area (Å²) < 4.78 is 26.4. The van der Waals surface area contributed by atoms with Crippen LogP contribution in [-0.2, 0) is 14.8 Å². The molecular formula is C15H20N4O3S3. The number of benzene rings is 1. The first-order chi connectivity index (χ1) is 11.6. The number of anilines is 2. The SMILES string of the molecule is CSc1nnc(NC(=O)CN(c2c(C)cc(C)cc2C)S(C)(=O)=O)s1. The molecule has 0 radical (unpaired) electrons. The predicted octanol–water partition coefficient (Wildman–Crippen LogP) is 2.59. The highest BCUT2D eigenvalue weighted by atomic mass is 32.2. The van der Waals surface area contributed by atoms with Crippen LogP contribution in [0.4, 0.5) is 10.8 Å². The summed E-state index contributed by atoms with van der Waals surface area (Å²) in [6.45, 7) is 5.29. The van der Waals surface area contributed by atoms with E-state index in [4.69, 9.17) is 0 Å². The summed E-state index contributed by atoms with van der Waals surface area (Å²) in [5, 5.41) is 10.7. The average Bonchev–Trinajstić information content (AvgIpc) is 2.91. The molecule has 2 aromatic rings. The Labute approximate surface area is 155 Å². The predicted molar refractivity (Wildman–Crippen MR) is 103 cm³/mol. The molecule has 2 rings (SSSR count). The van der Waals surface area contributed by atoms with Crippen molar-refractivity contribution in [2.24, 2.45) is 0 Å². The summed E-state index contributed by atoms with van der Waals surface area (Å²) in [5.74, 6) is -0.464. The van der Waals surface area contributed by atoms with Gasteiger partial charge in [0.1, 0.15) is 6.54 Å². The lowest BCUT2D eigenvalue weighted by molar-refractivity contribution is -0.114. The Morgan fingerprint density at radius 3 is 2.32 bits per heavy atom. The number of thioether (sulfide) groups is 1. The van der Waals surface area contributed by atoms with Crippen LogP contribution in [0, 0.1) is 20.8 Å². The number of rotatable bonds is 6. The van der Waals surface area contributed by atoms with Gasteiger partial charge in [0.15, 0.2) is 4.34 Å². The first kappa shape index (κ1) is 19.7. The molecule has 1 aromatic carbocycles. The highest BCUT2D eigenvalue weighted by Gasteiger charge is 2.24. The van der Waals surface area contributed by atoms with Crippen molar-refractivity contribution in [3.05, 3.63) is 28.8 Å². The Bertz CT molecular complexity index is 870. The van der Waals surface area contributed by atoms with E-state index in [9.17, 15) is 13.2 Å². The monoisotopic (exact) mass is 400 g/mol. The number of hydrogen-bond donors (Lipinski definition) is 1. The molecule has 0 saturated heterocycles. The first-order valence-electron chi connectivity index (χ1n) is 7.34. The maximum Gasteiger partial charge on any atom is 0.246 e.